The monoisotopic (exact) mass is 802 g/mol. The molecule has 0 saturated carbocycles. The summed E-state index contributed by atoms with van der Waals surface area (Å²) in [6, 6.07) is 93.1. The van der Waals surface area contributed by atoms with Crippen LogP contribution in [0.2, 0.25) is 0 Å². The lowest BCUT2D eigenvalue weighted by Gasteiger charge is -2.32. The Morgan fingerprint density at radius 1 is 0.222 bits per heavy atom. The molecule has 0 aromatic heterocycles. The van der Waals surface area contributed by atoms with Crippen LogP contribution in [0.1, 0.15) is 22.3 Å². The summed E-state index contributed by atoms with van der Waals surface area (Å²) in [6.07, 6.45) is 0. The molecule has 2 aliphatic rings. The highest BCUT2D eigenvalue weighted by Crippen LogP contribution is 2.66. The summed E-state index contributed by atoms with van der Waals surface area (Å²) >= 11 is 0. The summed E-state index contributed by atoms with van der Waals surface area (Å²) in [4.78, 5) is 4.88. The summed E-state index contributed by atoms with van der Waals surface area (Å²) in [5, 5.41) is 0. The third-order valence-electron chi connectivity index (χ3n) is 13.1. The zero-order valence-corrected chi connectivity index (χ0v) is 34.6. The van der Waals surface area contributed by atoms with Gasteiger partial charge in [-0.2, -0.15) is 0 Å². The number of fused-ring (bicyclic) bond motifs is 10. The highest BCUT2D eigenvalue weighted by Gasteiger charge is 2.53. The minimum absolute atomic E-state index is 0.553. The second-order valence-corrected chi connectivity index (χ2v) is 16.4. The Hall–Kier alpha value is -8.20. The van der Waals surface area contributed by atoms with Gasteiger partial charge < -0.3 is 9.80 Å². The van der Waals surface area contributed by atoms with Crippen LogP contribution >= 0.6 is 0 Å². The van der Waals surface area contributed by atoms with Crippen molar-refractivity contribution in [3.8, 4) is 44.5 Å². The maximum atomic E-state index is 2.44. The van der Waals surface area contributed by atoms with E-state index in [2.05, 4.69) is 265 Å². The number of nitrogens with zero attached hydrogens (tertiary/aromatic N) is 2. The van der Waals surface area contributed by atoms with Gasteiger partial charge in [-0.1, -0.05) is 194 Å². The van der Waals surface area contributed by atoms with Crippen molar-refractivity contribution in [3.63, 3.8) is 0 Å². The van der Waals surface area contributed by atoms with Gasteiger partial charge in [-0.25, -0.2) is 0 Å². The largest absolute Gasteiger partial charge is 0.310 e. The van der Waals surface area contributed by atoms with Crippen LogP contribution in [0.25, 0.3) is 44.5 Å². The van der Waals surface area contributed by atoms with Gasteiger partial charge >= 0.3 is 0 Å². The molecule has 0 fully saturated rings. The van der Waals surface area contributed by atoms with Crippen LogP contribution in [0, 0.1) is 0 Å². The molecule has 2 nitrogen and oxygen atoms in total. The molecular weight excluding hydrogens is 761 g/mol. The number of rotatable bonds is 8. The Morgan fingerprint density at radius 3 is 0.921 bits per heavy atom. The lowest BCUT2D eigenvalue weighted by molar-refractivity contribution is 0.793. The lowest BCUT2D eigenvalue weighted by Crippen LogP contribution is -2.26. The van der Waals surface area contributed by atoms with Gasteiger partial charge in [0.15, 0.2) is 0 Å². The third-order valence-corrected chi connectivity index (χ3v) is 13.1. The molecule has 2 aliphatic carbocycles. The van der Waals surface area contributed by atoms with E-state index in [9.17, 15) is 0 Å². The molecule has 10 aromatic rings. The van der Waals surface area contributed by atoms with E-state index in [4.69, 9.17) is 0 Å². The van der Waals surface area contributed by atoms with Crippen LogP contribution in [0.5, 0.6) is 0 Å². The first kappa shape index (κ1) is 36.6. The molecule has 0 amide bonds. The van der Waals surface area contributed by atoms with Crippen molar-refractivity contribution in [2.24, 2.45) is 0 Å². The molecule has 2 heteroatoms. The molecule has 0 N–H and O–H groups in total. The average molecular weight is 803 g/mol. The Labute approximate surface area is 369 Å². The smallest absolute Gasteiger partial charge is 0.0727 e. The maximum absolute atomic E-state index is 2.44. The first-order valence-electron chi connectivity index (χ1n) is 21.8. The SMILES string of the molecule is c1ccc(-c2ccc(N(c3ccccc3)c3cccc4c3-c3ccccc3C43c4ccccc4-c4c(N(c5ccccc5)c5ccc(-c6ccccc6)cc5)cccc43)cc2)cc1. The van der Waals surface area contributed by atoms with E-state index in [1.54, 1.807) is 0 Å². The highest BCUT2D eigenvalue weighted by atomic mass is 15.2. The summed E-state index contributed by atoms with van der Waals surface area (Å²) < 4.78 is 0. The van der Waals surface area contributed by atoms with Crippen LogP contribution < -0.4 is 9.80 Å². The molecule has 0 radical (unpaired) electrons. The van der Waals surface area contributed by atoms with Crippen molar-refractivity contribution >= 4 is 34.1 Å². The standard InChI is InChI=1S/C61H42N2/c1-5-19-43(20-6-1)45-35-39-49(40-36-45)62(47-23-9-3-10-24-47)57-33-17-31-55-59(57)51-27-13-15-29-53(51)61(55)54-30-16-14-28-52(54)60-56(61)32-18-34-58(60)63(48-25-11-4-12-26-48)50-41-37-46(38-42-50)44-21-7-2-8-22-44/h1-42H. The fourth-order valence-corrected chi connectivity index (χ4v) is 10.4. The van der Waals surface area contributed by atoms with Gasteiger partial charge in [-0.3, -0.25) is 0 Å². The lowest BCUT2D eigenvalue weighted by atomic mass is 9.70. The topological polar surface area (TPSA) is 6.48 Å². The van der Waals surface area contributed by atoms with Crippen LogP contribution in [0.15, 0.2) is 255 Å². The number of hydrogen-bond acceptors (Lipinski definition) is 2. The zero-order chi connectivity index (χ0) is 41.7. The van der Waals surface area contributed by atoms with E-state index in [0.29, 0.717) is 0 Å². The van der Waals surface area contributed by atoms with E-state index in [1.165, 1.54) is 66.8 Å². The number of anilines is 6. The van der Waals surface area contributed by atoms with E-state index in [0.717, 1.165) is 34.1 Å². The zero-order valence-electron chi connectivity index (χ0n) is 34.6. The van der Waals surface area contributed by atoms with Crippen molar-refractivity contribution < 1.29 is 0 Å². The second kappa shape index (κ2) is 15.1. The Kier molecular flexibility index (Phi) is 8.76. The van der Waals surface area contributed by atoms with Crippen molar-refractivity contribution in [2.45, 2.75) is 5.41 Å². The fourth-order valence-electron chi connectivity index (χ4n) is 10.4. The van der Waals surface area contributed by atoms with Gasteiger partial charge in [0.05, 0.1) is 16.8 Å². The van der Waals surface area contributed by atoms with Crippen LogP contribution in [-0.4, -0.2) is 0 Å². The van der Waals surface area contributed by atoms with Crippen molar-refractivity contribution in [1.29, 1.82) is 0 Å². The number of para-hydroxylation sites is 2. The van der Waals surface area contributed by atoms with Crippen molar-refractivity contribution in [1.82, 2.24) is 0 Å². The molecular formula is C61H42N2. The highest BCUT2D eigenvalue weighted by molar-refractivity contribution is 6.04. The molecule has 12 rings (SSSR count). The average Bonchev–Trinajstić information content (AvgIpc) is 3.84. The summed E-state index contributed by atoms with van der Waals surface area (Å²) in [7, 11) is 0. The molecule has 63 heavy (non-hydrogen) atoms. The van der Waals surface area contributed by atoms with E-state index >= 15 is 0 Å². The van der Waals surface area contributed by atoms with Crippen LogP contribution in [0.4, 0.5) is 34.1 Å². The Balaban J connectivity index is 1.08. The number of benzene rings is 10. The normalized spacial score (nSPS) is 12.6. The van der Waals surface area contributed by atoms with E-state index in [-0.39, 0.29) is 0 Å². The third kappa shape index (κ3) is 5.80. The minimum atomic E-state index is -0.553. The predicted octanol–water partition coefficient (Wildman–Crippen LogP) is 16.3. The van der Waals surface area contributed by atoms with Crippen LogP contribution in [-0.2, 0) is 5.41 Å². The Morgan fingerprint density at radius 2 is 0.524 bits per heavy atom. The summed E-state index contributed by atoms with van der Waals surface area (Å²) in [6.45, 7) is 0. The second-order valence-electron chi connectivity index (χ2n) is 16.4. The molecule has 296 valence electrons. The minimum Gasteiger partial charge on any atom is -0.310 e. The Bertz CT molecular complexity index is 3030. The molecule has 0 saturated heterocycles. The van der Waals surface area contributed by atoms with Crippen molar-refractivity contribution in [3.05, 3.63) is 277 Å². The van der Waals surface area contributed by atoms with Gasteiger partial charge in [0.25, 0.3) is 0 Å². The fraction of sp³-hybridized carbons (Fsp3) is 0.0164. The van der Waals surface area contributed by atoms with Gasteiger partial charge in [0, 0.05) is 33.9 Å². The molecule has 10 aromatic carbocycles. The van der Waals surface area contributed by atoms with Gasteiger partial charge in [-0.05, 0) is 116 Å². The molecule has 0 bridgehead atoms. The number of hydrogen-bond donors (Lipinski definition) is 0. The molecule has 0 heterocycles. The van der Waals surface area contributed by atoms with Crippen molar-refractivity contribution in [2.75, 3.05) is 9.80 Å². The molecule has 0 aliphatic heterocycles. The molecule has 0 atom stereocenters. The predicted molar refractivity (Wildman–Crippen MR) is 263 cm³/mol. The van der Waals surface area contributed by atoms with E-state index in [1.807, 2.05) is 0 Å². The first-order valence-corrected chi connectivity index (χ1v) is 21.8. The summed E-state index contributed by atoms with van der Waals surface area (Å²) in [5.41, 5.74) is 21.3. The summed E-state index contributed by atoms with van der Waals surface area (Å²) in [5.74, 6) is 0. The van der Waals surface area contributed by atoms with Gasteiger partial charge in [0.1, 0.15) is 0 Å². The molecule has 0 unspecified atom stereocenters. The van der Waals surface area contributed by atoms with Gasteiger partial charge in [-0.15, -0.1) is 0 Å². The maximum Gasteiger partial charge on any atom is 0.0727 e. The van der Waals surface area contributed by atoms with E-state index < -0.39 is 5.41 Å². The first-order chi connectivity index (χ1) is 31.3. The molecule has 1 spiro atoms. The van der Waals surface area contributed by atoms with Gasteiger partial charge in [0.2, 0.25) is 0 Å². The van der Waals surface area contributed by atoms with Crippen LogP contribution in [0.3, 0.4) is 0 Å². The quantitative estimate of drug-likeness (QED) is 0.151.